The van der Waals surface area contributed by atoms with Crippen LogP contribution in [0.15, 0.2) is 12.1 Å². The first-order valence-electron chi connectivity index (χ1n) is 8.54. The molecule has 1 aromatic heterocycles. The number of rotatable bonds is 7. The first-order valence-corrected chi connectivity index (χ1v) is 9.36. The van der Waals surface area contributed by atoms with Crippen molar-refractivity contribution < 1.29 is 0 Å². The molecule has 0 saturated heterocycles. The Morgan fingerprint density at radius 3 is 2.67 bits per heavy atom. The third-order valence-corrected chi connectivity index (χ3v) is 5.68. The molecule has 1 aliphatic carbocycles. The summed E-state index contributed by atoms with van der Waals surface area (Å²) < 4.78 is 0. The van der Waals surface area contributed by atoms with E-state index in [-0.39, 0.29) is 0 Å². The summed E-state index contributed by atoms with van der Waals surface area (Å²) >= 11 is 1.97. The smallest absolute Gasteiger partial charge is 0.0328 e. The van der Waals surface area contributed by atoms with Gasteiger partial charge in [0.2, 0.25) is 0 Å². The lowest BCUT2D eigenvalue weighted by Crippen LogP contribution is -2.38. The van der Waals surface area contributed by atoms with Crippen LogP contribution in [-0.4, -0.2) is 24.5 Å². The summed E-state index contributed by atoms with van der Waals surface area (Å²) in [4.78, 5) is 5.56. The fourth-order valence-corrected chi connectivity index (χ4v) is 4.45. The highest BCUT2D eigenvalue weighted by Gasteiger charge is 2.24. The van der Waals surface area contributed by atoms with Crippen LogP contribution in [0.25, 0.3) is 0 Å². The lowest BCUT2D eigenvalue weighted by atomic mass is 9.85. The first-order chi connectivity index (χ1) is 10.1. The molecule has 0 amide bonds. The molecular formula is C18H32N2S. The van der Waals surface area contributed by atoms with E-state index in [0.29, 0.717) is 0 Å². The molecule has 2 rings (SSSR count). The zero-order valence-electron chi connectivity index (χ0n) is 14.2. The lowest BCUT2D eigenvalue weighted by molar-refractivity contribution is 0.134. The average Bonchev–Trinajstić information content (AvgIpc) is 2.86. The molecule has 1 N–H and O–H groups in total. The first kappa shape index (κ1) is 17.0. The van der Waals surface area contributed by atoms with Gasteiger partial charge in [0.15, 0.2) is 0 Å². The van der Waals surface area contributed by atoms with Crippen LogP contribution >= 0.6 is 11.3 Å². The second kappa shape index (κ2) is 8.30. The Balaban J connectivity index is 1.81. The Morgan fingerprint density at radius 2 is 1.95 bits per heavy atom. The Morgan fingerprint density at radius 1 is 1.24 bits per heavy atom. The topological polar surface area (TPSA) is 15.3 Å². The van der Waals surface area contributed by atoms with Crippen molar-refractivity contribution in [2.24, 2.45) is 11.8 Å². The molecule has 1 fully saturated rings. The van der Waals surface area contributed by atoms with Gasteiger partial charge in [-0.05, 0) is 50.4 Å². The van der Waals surface area contributed by atoms with Gasteiger partial charge in [0.25, 0.3) is 0 Å². The Bertz CT molecular complexity index is 413. The predicted octanol–water partition coefficient (Wildman–Crippen LogP) is 4.50. The van der Waals surface area contributed by atoms with E-state index < -0.39 is 0 Å². The van der Waals surface area contributed by atoms with Crippen molar-refractivity contribution in [2.45, 2.75) is 65.6 Å². The third-order valence-electron chi connectivity index (χ3n) is 4.61. The molecule has 120 valence electrons. The van der Waals surface area contributed by atoms with Gasteiger partial charge >= 0.3 is 0 Å². The van der Waals surface area contributed by atoms with Crippen molar-refractivity contribution in [3.05, 3.63) is 21.9 Å². The number of thiophene rings is 1. The van der Waals surface area contributed by atoms with Gasteiger partial charge in [-0.25, -0.2) is 0 Å². The van der Waals surface area contributed by atoms with E-state index in [4.69, 9.17) is 0 Å². The van der Waals surface area contributed by atoms with Gasteiger partial charge in [0, 0.05) is 28.9 Å². The van der Waals surface area contributed by atoms with Crippen LogP contribution in [0.5, 0.6) is 0 Å². The normalized spacial score (nSPS) is 23.1. The van der Waals surface area contributed by atoms with Crippen LogP contribution in [-0.2, 0) is 13.1 Å². The van der Waals surface area contributed by atoms with Crippen LogP contribution < -0.4 is 5.32 Å². The van der Waals surface area contributed by atoms with Crippen molar-refractivity contribution in [1.29, 1.82) is 0 Å². The van der Waals surface area contributed by atoms with Crippen molar-refractivity contribution >= 4 is 11.3 Å². The van der Waals surface area contributed by atoms with E-state index in [0.717, 1.165) is 37.5 Å². The molecule has 1 saturated carbocycles. The van der Waals surface area contributed by atoms with Gasteiger partial charge in [-0.2, -0.15) is 0 Å². The van der Waals surface area contributed by atoms with Gasteiger partial charge in [0.1, 0.15) is 0 Å². The Kier molecular flexibility index (Phi) is 6.72. The predicted molar refractivity (Wildman–Crippen MR) is 93.8 cm³/mol. The van der Waals surface area contributed by atoms with Crippen molar-refractivity contribution in [3.8, 4) is 0 Å². The summed E-state index contributed by atoms with van der Waals surface area (Å²) in [5.41, 5.74) is 0. The highest BCUT2D eigenvalue weighted by Crippen LogP contribution is 2.29. The van der Waals surface area contributed by atoms with Gasteiger partial charge < -0.3 is 5.32 Å². The molecule has 1 aromatic rings. The van der Waals surface area contributed by atoms with E-state index >= 15 is 0 Å². The SMILES string of the molecule is CC(C)CNCc1ccc(CN(C)C2CCCCC2C)s1. The molecule has 1 heterocycles. The molecule has 0 spiro atoms. The van der Waals surface area contributed by atoms with E-state index in [2.05, 4.69) is 50.2 Å². The fourth-order valence-electron chi connectivity index (χ4n) is 3.40. The van der Waals surface area contributed by atoms with Gasteiger partial charge in [0.05, 0.1) is 0 Å². The molecule has 2 nitrogen and oxygen atoms in total. The minimum Gasteiger partial charge on any atom is -0.312 e. The van der Waals surface area contributed by atoms with Crippen LogP contribution in [0.2, 0.25) is 0 Å². The molecule has 2 atom stereocenters. The minimum absolute atomic E-state index is 0.725. The molecule has 21 heavy (non-hydrogen) atoms. The summed E-state index contributed by atoms with van der Waals surface area (Å²) in [6, 6.07) is 5.40. The van der Waals surface area contributed by atoms with Crippen molar-refractivity contribution in [2.75, 3.05) is 13.6 Å². The Labute approximate surface area is 134 Å². The summed E-state index contributed by atoms with van der Waals surface area (Å²) in [5.74, 6) is 1.58. The van der Waals surface area contributed by atoms with Crippen LogP contribution in [0, 0.1) is 11.8 Å². The molecule has 0 radical (unpaired) electrons. The van der Waals surface area contributed by atoms with Crippen LogP contribution in [0.3, 0.4) is 0 Å². The third kappa shape index (κ3) is 5.39. The van der Waals surface area contributed by atoms with E-state index in [1.807, 2.05) is 11.3 Å². The van der Waals surface area contributed by atoms with Crippen molar-refractivity contribution in [3.63, 3.8) is 0 Å². The quantitative estimate of drug-likeness (QED) is 0.797. The highest BCUT2D eigenvalue weighted by molar-refractivity contribution is 7.11. The largest absolute Gasteiger partial charge is 0.312 e. The molecule has 3 heteroatoms. The number of nitrogens with one attached hydrogen (secondary N) is 1. The van der Waals surface area contributed by atoms with Gasteiger partial charge in [-0.15, -0.1) is 11.3 Å². The number of nitrogens with zero attached hydrogens (tertiary/aromatic N) is 1. The maximum atomic E-state index is 3.54. The highest BCUT2D eigenvalue weighted by atomic mass is 32.1. The number of hydrogen-bond donors (Lipinski definition) is 1. The Hall–Kier alpha value is -0.380. The van der Waals surface area contributed by atoms with Crippen LogP contribution in [0.1, 0.15) is 56.2 Å². The molecule has 1 aliphatic rings. The van der Waals surface area contributed by atoms with E-state index in [9.17, 15) is 0 Å². The summed E-state index contributed by atoms with van der Waals surface area (Å²) in [6.45, 7) is 10.2. The maximum absolute atomic E-state index is 3.54. The summed E-state index contributed by atoms with van der Waals surface area (Å²) in [5, 5.41) is 3.54. The monoisotopic (exact) mass is 308 g/mol. The van der Waals surface area contributed by atoms with Crippen LogP contribution in [0.4, 0.5) is 0 Å². The lowest BCUT2D eigenvalue weighted by Gasteiger charge is -2.36. The van der Waals surface area contributed by atoms with Crippen molar-refractivity contribution in [1.82, 2.24) is 10.2 Å². The second-order valence-electron chi connectivity index (χ2n) is 7.14. The molecule has 0 bridgehead atoms. The maximum Gasteiger partial charge on any atom is 0.0328 e. The summed E-state index contributed by atoms with van der Waals surface area (Å²) in [7, 11) is 2.31. The zero-order chi connectivity index (χ0) is 15.2. The fraction of sp³-hybridized carbons (Fsp3) is 0.778. The van der Waals surface area contributed by atoms with Gasteiger partial charge in [-0.3, -0.25) is 4.90 Å². The molecular weight excluding hydrogens is 276 g/mol. The zero-order valence-corrected chi connectivity index (χ0v) is 15.0. The van der Waals surface area contributed by atoms with E-state index in [1.54, 1.807) is 0 Å². The molecule has 0 aromatic carbocycles. The number of hydrogen-bond acceptors (Lipinski definition) is 3. The van der Waals surface area contributed by atoms with Gasteiger partial charge in [-0.1, -0.05) is 33.6 Å². The minimum atomic E-state index is 0.725. The molecule has 0 aliphatic heterocycles. The standard InChI is InChI=1S/C18H32N2S/c1-14(2)11-19-12-16-9-10-17(21-16)13-20(4)18-8-6-5-7-15(18)3/h9-10,14-15,18-19H,5-8,11-13H2,1-4H3. The molecule has 2 unspecified atom stereocenters. The van der Waals surface area contributed by atoms with E-state index in [1.165, 1.54) is 35.4 Å². The average molecular weight is 309 g/mol. The summed E-state index contributed by atoms with van der Waals surface area (Å²) in [6.07, 6.45) is 5.62. The second-order valence-corrected chi connectivity index (χ2v) is 8.39.